The van der Waals surface area contributed by atoms with Crippen LogP contribution in [0.5, 0.6) is 17.4 Å². The molecular formula is C45H42N8O8. The monoisotopic (exact) mass is 822 g/mol. The van der Waals surface area contributed by atoms with E-state index in [1.807, 2.05) is 36.8 Å². The van der Waals surface area contributed by atoms with Gasteiger partial charge in [0.05, 0.1) is 35.0 Å². The maximum atomic E-state index is 13.1. The van der Waals surface area contributed by atoms with E-state index in [4.69, 9.17) is 18.9 Å². The van der Waals surface area contributed by atoms with E-state index in [0.29, 0.717) is 17.4 Å². The standard InChI is InChI=1S/C45H42N8O8/c1-51-37-10-13-46-25-36(37)33-5-2-26(18-39(33)51)27-3-9-42(47-23-27)61-31-19-30(20-31)60-28-11-14-52(15-12-28)40-22-32(24-48-50-40)59-17-16-58-29-4-6-34-35(21-29)45(57)53(44(34)56)38-7-8-41(54)49-43(38)55/h2-6,9-10,13,18,21-25,28,30-31,38H,7-8,11-12,14-17,19-20H2,1H3,(H,49,54,55). The number of hydrogen-bond donors (Lipinski definition) is 1. The van der Waals surface area contributed by atoms with Gasteiger partial charge in [0.25, 0.3) is 11.8 Å². The summed E-state index contributed by atoms with van der Waals surface area (Å²) < 4.78 is 26.6. The van der Waals surface area contributed by atoms with Crippen LogP contribution in [0.2, 0.25) is 0 Å². The molecule has 2 saturated heterocycles. The van der Waals surface area contributed by atoms with Gasteiger partial charge in [-0.1, -0.05) is 12.1 Å². The van der Waals surface area contributed by atoms with E-state index >= 15 is 0 Å². The topological polar surface area (TPSA) is 180 Å². The van der Waals surface area contributed by atoms with Crippen LogP contribution in [0.3, 0.4) is 0 Å². The van der Waals surface area contributed by atoms with Gasteiger partial charge < -0.3 is 28.4 Å². The predicted octanol–water partition coefficient (Wildman–Crippen LogP) is 5.03. The Morgan fingerprint density at radius 1 is 0.738 bits per heavy atom. The molecule has 1 atom stereocenters. The summed E-state index contributed by atoms with van der Waals surface area (Å²) in [5, 5.41) is 13.0. The van der Waals surface area contributed by atoms with Gasteiger partial charge in [-0.2, -0.15) is 5.10 Å². The van der Waals surface area contributed by atoms with Crippen LogP contribution >= 0.6 is 0 Å². The zero-order valence-electron chi connectivity index (χ0n) is 33.4. The largest absolute Gasteiger partial charge is 0.490 e. The van der Waals surface area contributed by atoms with E-state index in [9.17, 15) is 19.2 Å². The first kappa shape index (κ1) is 38.3. The van der Waals surface area contributed by atoms with Gasteiger partial charge in [0, 0.05) is 92.0 Å². The smallest absolute Gasteiger partial charge is 0.262 e. The van der Waals surface area contributed by atoms with Crippen molar-refractivity contribution in [3.8, 4) is 28.5 Å². The highest BCUT2D eigenvalue weighted by Crippen LogP contribution is 2.35. The first-order valence-corrected chi connectivity index (χ1v) is 20.6. The van der Waals surface area contributed by atoms with Gasteiger partial charge >= 0.3 is 0 Å². The SMILES string of the molecule is Cn1c2ccncc2c2ccc(-c3ccc(OC4CC(OC5CCN(c6cc(OCCOc7ccc8c(c7)C(=O)N(C7CCC(=O)NC7=O)C8=O)cnn6)CC5)C4)nc3)cc21. The number of carbonyl (C=O) groups excluding carboxylic acids is 4. The number of amides is 4. The van der Waals surface area contributed by atoms with Crippen molar-refractivity contribution in [2.24, 2.45) is 7.05 Å². The Bertz CT molecular complexity index is 2690. The Morgan fingerprint density at radius 3 is 2.34 bits per heavy atom. The number of aromatic nitrogens is 5. The molecule has 4 aromatic heterocycles. The third kappa shape index (κ3) is 7.47. The molecule has 7 heterocycles. The van der Waals surface area contributed by atoms with Crippen molar-refractivity contribution < 1.29 is 38.1 Å². The molecule has 310 valence electrons. The number of anilines is 1. The number of aryl methyl sites for hydroxylation is 1. The van der Waals surface area contributed by atoms with E-state index in [1.165, 1.54) is 17.5 Å². The Hall–Kier alpha value is -6.94. The summed E-state index contributed by atoms with van der Waals surface area (Å²) in [6.07, 6.45) is 11.1. The van der Waals surface area contributed by atoms with E-state index in [0.717, 1.165) is 77.0 Å². The second-order valence-corrected chi connectivity index (χ2v) is 15.8. The number of piperidine rings is 2. The van der Waals surface area contributed by atoms with Gasteiger partial charge in [-0.05, 0) is 61.2 Å². The van der Waals surface area contributed by atoms with Crippen LogP contribution in [0.15, 0.2) is 85.5 Å². The van der Waals surface area contributed by atoms with Crippen LogP contribution in [0.4, 0.5) is 5.82 Å². The molecular weight excluding hydrogens is 781 g/mol. The number of nitrogens with zero attached hydrogens (tertiary/aromatic N) is 7. The lowest BCUT2D eigenvalue weighted by Gasteiger charge is -2.39. The normalized spacial score (nSPS) is 20.5. The number of benzene rings is 2. The molecule has 1 aliphatic carbocycles. The second-order valence-electron chi connectivity index (χ2n) is 15.8. The predicted molar refractivity (Wildman–Crippen MR) is 221 cm³/mol. The average molecular weight is 823 g/mol. The Balaban J connectivity index is 0.648. The Morgan fingerprint density at radius 2 is 1.54 bits per heavy atom. The van der Waals surface area contributed by atoms with Gasteiger partial charge in [-0.15, -0.1) is 5.10 Å². The van der Waals surface area contributed by atoms with Crippen LogP contribution < -0.4 is 24.4 Å². The van der Waals surface area contributed by atoms with Gasteiger partial charge in [-0.3, -0.25) is 34.4 Å². The fourth-order valence-corrected chi connectivity index (χ4v) is 8.67. The number of nitrogens with one attached hydrogen (secondary N) is 1. The zero-order valence-corrected chi connectivity index (χ0v) is 33.4. The maximum Gasteiger partial charge on any atom is 0.262 e. The molecule has 6 aromatic rings. The lowest BCUT2D eigenvalue weighted by atomic mass is 9.91. The second kappa shape index (κ2) is 15.9. The maximum absolute atomic E-state index is 13.1. The number of rotatable bonds is 12. The van der Waals surface area contributed by atoms with Gasteiger partial charge in [0.1, 0.15) is 36.9 Å². The van der Waals surface area contributed by atoms with Gasteiger partial charge in [-0.25, -0.2) is 4.98 Å². The van der Waals surface area contributed by atoms with Crippen molar-refractivity contribution in [1.82, 2.24) is 34.9 Å². The summed E-state index contributed by atoms with van der Waals surface area (Å²) >= 11 is 0. The Kier molecular flexibility index (Phi) is 9.99. The first-order valence-electron chi connectivity index (χ1n) is 20.6. The molecule has 10 rings (SSSR count). The van der Waals surface area contributed by atoms with Crippen LogP contribution in [0.25, 0.3) is 32.9 Å². The van der Waals surface area contributed by atoms with Crippen molar-refractivity contribution in [1.29, 1.82) is 0 Å². The number of carbonyl (C=O) groups is 4. The molecule has 0 radical (unpaired) electrons. The van der Waals surface area contributed by atoms with Crippen LogP contribution in [-0.4, -0.2) is 104 Å². The minimum atomic E-state index is -1.03. The van der Waals surface area contributed by atoms with Crippen LogP contribution in [-0.2, 0) is 21.4 Å². The molecule has 61 heavy (non-hydrogen) atoms. The highest BCUT2D eigenvalue weighted by molar-refractivity contribution is 6.23. The lowest BCUT2D eigenvalue weighted by Crippen LogP contribution is -2.54. The third-order valence-electron chi connectivity index (χ3n) is 12.0. The molecule has 16 heteroatoms. The number of hydrogen-bond acceptors (Lipinski definition) is 13. The Labute approximate surface area is 349 Å². The summed E-state index contributed by atoms with van der Waals surface area (Å²) in [6, 6.07) is 17.9. The zero-order chi connectivity index (χ0) is 41.6. The quantitative estimate of drug-likeness (QED) is 0.128. The number of fused-ring (bicyclic) bond motifs is 4. The molecule has 16 nitrogen and oxygen atoms in total. The summed E-state index contributed by atoms with van der Waals surface area (Å²) in [5.41, 5.74) is 4.78. The molecule has 3 aliphatic heterocycles. The molecule has 0 bridgehead atoms. The molecule has 4 amide bonds. The van der Waals surface area contributed by atoms with Crippen LogP contribution in [0, 0.1) is 0 Å². The summed E-state index contributed by atoms with van der Waals surface area (Å²) in [6.45, 7) is 1.92. The fraction of sp³-hybridized carbons (Fsp3) is 0.333. The third-order valence-corrected chi connectivity index (χ3v) is 12.0. The molecule has 1 saturated carbocycles. The minimum absolute atomic E-state index is 0.0561. The molecule has 4 aliphatic rings. The number of pyridine rings is 2. The van der Waals surface area contributed by atoms with E-state index in [2.05, 4.69) is 66.3 Å². The lowest BCUT2D eigenvalue weighted by molar-refractivity contribution is -0.136. The molecule has 1 unspecified atom stereocenters. The minimum Gasteiger partial charge on any atom is -0.490 e. The molecule has 3 fully saturated rings. The molecule has 0 spiro atoms. The van der Waals surface area contributed by atoms with Crippen molar-refractivity contribution in [3.63, 3.8) is 0 Å². The average Bonchev–Trinajstić information content (AvgIpc) is 3.69. The summed E-state index contributed by atoms with van der Waals surface area (Å²) in [7, 11) is 2.08. The van der Waals surface area contributed by atoms with Crippen molar-refractivity contribution >= 4 is 51.3 Å². The molecule has 1 N–H and O–H groups in total. The number of imide groups is 2. The molecule has 2 aromatic carbocycles. The first-order chi connectivity index (χ1) is 29.8. The van der Waals surface area contributed by atoms with Gasteiger partial charge in [0.15, 0.2) is 5.82 Å². The van der Waals surface area contributed by atoms with Crippen molar-refractivity contribution in [2.75, 3.05) is 31.2 Å². The van der Waals surface area contributed by atoms with Crippen molar-refractivity contribution in [2.45, 2.75) is 62.9 Å². The summed E-state index contributed by atoms with van der Waals surface area (Å²) in [5.74, 6) is 0.0348. The van der Waals surface area contributed by atoms with Crippen LogP contribution in [0.1, 0.15) is 59.2 Å². The van der Waals surface area contributed by atoms with E-state index < -0.39 is 29.7 Å². The number of ether oxygens (including phenoxy) is 4. The fourth-order valence-electron chi connectivity index (χ4n) is 8.67. The summed E-state index contributed by atoms with van der Waals surface area (Å²) in [4.78, 5) is 62.0. The van der Waals surface area contributed by atoms with E-state index in [-0.39, 0.29) is 55.5 Å². The van der Waals surface area contributed by atoms with E-state index in [1.54, 1.807) is 12.3 Å². The van der Waals surface area contributed by atoms with Gasteiger partial charge in [0.2, 0.25) is 17.7 Å². The van der Waals surface area contributed by atoms with Crippen molar-refractivity contribution in [3.05, 3.63) is 96.6 Å². The highest BCUT2D eigenvalue weighted by atomic mass is 16.5. The highest BCUT2D eigenvalue weighted by Gasteiger charge is 2.45.